The smallest absolute Gasteiger partial charge is 0.319 e. The molecule has 1 aliphatic rings. The molecule has 0 saturated heterocycles. The Balaban J connectivity index is 1.78. The fourth-order valence-electron chi connectivity index (χ4n) is 2.95. The van der Waals surface area contributed by atoms with Gasteiger partial charge in [-0.3, -0.25) is 0 Å². The van der Waals surface area contributed by atoms with Crippen LogP contribution in [0, 0.1) is 0 Å². The van der Waals surface area contributed by atoms with Crippen molar-refractivity contribution in [2.24, 2.45) is 0 Å². The van der Waals surface area contributed by atoms with Crippen LogP contribution in [0.4, 0.5) is 10.5 Å². The predicted octanol–water partition coefficient (Wildman–Crippen LogP) is 4.41. The second kappa shape index (κ2) is 7.01. The molecule has 0 spiro atoms. The Morgan fingerprint density at radius 2 is 2.00 bits per heavy atom. The third-order valence-electron chi connectivity index (χ3n) is 4.09. The van der Waals surface area contributed by atoms with Gasteiger partial charge in [0.25, 0.3) is 0 Å². The molecule has 2 aromatic rings. The molecule has 0 bridgehead atoms. The number of nitrogens with one attached hydrogen (secondary N) is 2. The van der Waals surface area contributed by atoms with Crippen LogP contribution in [0.3, 0.4) is 0 Å². The van der Waals surface area contributed by atoms with Crippen LogP contribution in [0.15, 0.2) is 35.4 Å². The van der Waals surface area contributed by atoms with Gasteiger partial charge in [-0.25, -0.2) is 9.78 Å². The number of amides is 2. The minimum Gasteiger partial charge on any atom is -0.335 e. The number of rotatable bonds is 3. The van der Waals surface area contributed by atoms with E-state index in [1.807, 2.05) is 36.6 Å². The molecule has 1 saturated carbocycles. The Morgan fingerprint density at radius 1 is 1.23 bits per heavy atom. The van der Waals surface area contributed by atoms with Crippen molar-refractivity contribution in [3.05, 3.63) is 30.3 Å². The molecule has 0 unspecified atom stereocenters. The van der Waals surface area contributed by atoms with Gasteiger partial charge in [0.2, 0.25) is 0 Å². The molecule has 2 N–H and O–H groups in total. The van der Waals surface area contributed by atoms with E-state index in [4.69, 9.17) is 0 Å². The maximum absolute atomic E-state index is 12.3. The van der Waals surface area contributed by atoms with Gasteiger partial charge in [-0.05, 0) is 31.2 Å². The summed E-state index contributed by atoms with van der Waals surface area (Å²) in [5.74, 6) is 0. The van der Waals surface area contributed by atoms with Gasteiger partial charge in [-0.2, -0.15) is 0 Å². The molecule has 0 atom stereocenters. The number of thioether (sulfide) groups is 1. The molecule has 116 valence electrons. The molecule has 1 aromatic carbocycles. The first-order valence-corrected chi connectivity index (χ1v) is 9.00. The van der Waals surface area contributed by atoms with E-state index < -0.39 is 0 Å². The zero-order chi connectivity index (χ0) is 15.4. The van der Waals surface area contributed by atoms with Crippen LogP contribution in [0.1, 0.15) is 32.1 Å². The van der Waals surface area contributed by atoms with Gasteiger partial charge in [-0.1, -0.05) is 37.5 Å². The number of aromatic nitrogens is 1. The first kappa shape index (κ1) is 15.2. The molecule has 1 aromatic heterocycles. The molecule has 5 heteroatoms. The summed E-state index contributed by atoms with van der Waals surface area (Å²) in [6.07, 6.45) is 7.86. The van der Waals surface area contributed by atoms with Crippen molar-refractivity contribution in [2.45, 2.75) is 43.2 Å². The number of pyridine rings is 1. The number of carbonyl (C=O) groups excluding carboxylic acids is 1. The maximum Gasteiger partial charge on any atom is 0.319 e. The predicted molar refractivity (Wildman–Crippen MR) is 92.6 cm³/mol. The summed E-state index contributed by atoms with van der Waals surface area (Å²) in [6, 6.07) is 10.0. The van der Waals surface area contributed by atoms with E-state index >= 15 is 0 Å². The molecule has 1 aliphatic carbocycles. The van der Waals surface area contributed by atoms with Crippen molar-refractivity contribution >= 4 is 34.4 Å². The first-order valence-electron chi connectivity index (χ1n) is 7.77. The Kier molecular flexibility index (Phi) is 4.83. The lowest BCUT2D eigenvalue weighted by Crippen LogP contribution is -2.39. The lowest BCUT2D eigenvalue weighted by atomic mass is 9.96. The fourth-order valence-corrected chi connectivity index (χ4v) is 3.38. The van der Waals surface area contributed by atoms with Gasteiger partial charge in [0.1, 0.15) is 0 Å². The average molecular weight is 315 g/mol. The number of hydrogen-bond acceptors (Lipinski definition) is 3. The number of anilines is 1. The van der Waals surface area contributed by atoms with E-state index in [-0.39, 0.29) is 6.03 Å². The second-order valence-electron chi connectivity index (χ2n) is 5.66. The van der Waals surface area contributed by atoms with Crippen LogP contribution in [0.25, 0.3) is 10.9 Å². The van der Waals surface area contributed by atoms with E-state index in [2.05, 4.69) is 15.6 Å². The quantitative estimate of drug-likeness (QED) is 0.825. The van der Waals surface area contributed by atoms with Crippen molar-refractivity contribution in [3.63, 3.8) is 0 Å². The van der Waals surface area contributed by atoms with Crippen LogP contribution in [0.2, 0.25) is 0 Å². The summed E-state index contributed by atoms with van der Waals surface area (Å²) in [5, 5.41) is 7.98. The van der Waals surface area contributed by atoms with Crippen LogP contribution in [-0.4, -0.2) is 23.3 Å². The highest BCUT2D eigenvalue weighted by Gasteiger charge is 2.16. The number of para-hydroxylation sites is 1. The van der Waals surface area contributed by atoms with E-state index in [1.165, 1.54) is 19.3 Å². The maximum atomic E-state index is 12.3. The van der Waals surface area contributed by atoms with Gasteiger partial charge in [0, 0.05) is 11.4 Å². The van der Waals surface area contributed by atoms with Crippen LogP contribution < -0.4 is 10.6 Å². The number of nitrogens with zero attached hydrogens (tertiary/aromatic N) is 1. The molecular formula is C17H21N3OS. The second-order valence-corrected chi connectivity index (χ2v) is 6.49. The Morgan fingerprint density at radius 3 is 2.77 bits per heavy atom. The third kappa shape index (κ3) is 3.53. The number of benzene rings is 1. The fraction of sp³-hybridized carbons (Fsp3) is 0.412. The number of fused-ring (bicyclic) bond motifs is 1. The van der Waals surface area contributed by atoms with Crippen molar-refractivity contribution in [1.82, 2.24) is 10.3 Å². The highest BCUT2D eigenvalue weighted by atomic mass is 32.2. The normalized spacial score (nSPS) is 15.7. The molecule has 0 radical (unpaired) electrons. The highest BCUT2D eigenvalue weighted by molar-refractivity contribution is 7.98. The molecule has 22 heavy (non-hydrogen) atoms. The Labute approximate surface area is 135 Å². The molecule has 2 amide bonds. The van der Waals surface area contributed by atoms with Crippen LogP contribution in [-0.2, 0) is 0 Å². The molecule has 4 nitrogen and oxygen atoms in total. The van der Waals surface area contributed by atoms with Crippen molar-refractivity contribution in [1.29, 1.82) is 0 Å². The number of carbonyl (C=O) groups is 1. The number of hydrogen-bond donors (Lipinski definition) is 2. The summed E-state index contributed by atoms with van der Waals surface area (Å²) < 4.78 is 0. The zero-order valence-corrected chi connectivity index (χ0v) is 13.6. The largest absolute Gasteiger partial charge is 0.335 e. The molecule has 1 fully saturated rings. The standard InChI is InChI=1S/C17H21N3OS/c1-22-16-11-15(13-9-5-6-10-14(13)19-16)20-17(21)18-12-7-3-2-4-8-12/h5-6,9-12H,2-4,7-8H2,1H3,(H2,18,19,20,21). The van der Waals surface area contributed by atoms with Crippen molar-refractivity contribution in [3.8, 4) is 0 Å². The van der Waals surface area contributed by atoms with E-state index in [9.17, 15) is 4.79 Å². The third-order valence-corrected chi connectivity index (χ3v) is 4.72. The van der Waals surface area contributed by atoms with Crippen molar-refractivity contribution < 1.29 is 4.79 Å². The Hall–Kier alpha value is -1.75. The van der Waals surface area contributed by atoms with Crippen LogP contribution in [0.5, 0.6) is 0 Å². The summed E-state index contributed by atoms with van der Waals surface area (Å²) in [7, 11) is 0. The van der Waals surface area contributed by atoms with Crippen molar-refractivity contribution in [2.75, 3.05) is 11.6 Å². The molecule has 3 rings (SSSR count). The lowest BCUT2D eigenvalue weighted by molar-refractivity contribution is 0.244. The topological polar surface area (TPSA) is 54.0 Å². The summed E-state index contributed by atoms with van der Waals surface area (Å²) >= 11 is 1.58. The summed E-state index contributed by atoms with van der Waals surface area (Å²) in [6.45, 7) is 0. The van der Waals surface area contributed by atoms with Gasteiger partial charge in [0.05, 0.1) is 16.2 Å². The minimum absolute atomic E-state index is 0.115. The van der Waals surface area contributed by atoms with Gasteiger partial charge in [-0.15, -0.1) is 11.8 Å². The SMILES string of the molecule is CSc1cc(NC(=O)NC2CCCCC2)c2ccccc2n1. The number of urea groups is 1. The average Bonchev–Trinajstić information content (AvgIpc) is 2.55. The van der Waals surface area contributed by atoms with Gasteiger partial charge < -0.3 is 10.6 Å². The van der Waals surface area contributed by atoms with Crippen LogP contribution >= 0.6 is 11.8 Å². The van der Waals surface area contributed by atoms with E-state index in [0.29, 0.717) is 6.04 Å². The zero-order valence-electron chi connectivity index (χ0n) is 12.8. The van der Waals surface area contributed by atoms with E-state index in [1.54, 1.807) is 11.8 Å². The lowest BCUT2D eigenvalue weighted by Gasteiger charge is -2.23. The first-order chi connectivity index (χ1) is 10.8. The molecule has 0 aliphatic heterocycles. The summed E-state index contributed by atoms with van der Waals surface area (Å²) in [4.78, 5) is 16.8. The van der Waals surface area contributed by atoms with E-state index in [0.717, 1.165) is 34.5 Å². The van der Waals surface area contributed by atoms with Gasteiger partial charge >= 0.3 is 6.03 Å². The molecular weight excluding hydrogens is 294 g/mol. The highest BCUT2D eigenvalue weighted by Crippen LogP contribution is 2.27. The monoisotopic (exact) mass is 315 g/mol. The van der Waals surface area contributed by atoms with Gasteiger partial charge in [0.15, 0.2) is 0 Å². The minimum atomic E-state index is -0.115. The molecule has 1 heterocycles. The summed E-state index contributed by atoms with van der Waals surface area (Å²) in [5.41, 5.74) is 1.73. The Bertz CT molecular complexity index is 668.